The number of rotatable bonds is 2. The van der Waals surface area contributed by atoms with E-state index in [1.54, 1.807) is 6.07 Å². The highest BCUT2D eigenvalue weighted by atomic mass is 19.1. The number of carboxylic acids is 1. The van der Waals surface area contributed by atoms with Crippen molar-refractivity contribution in [1.82, 2.24) is 0 Å². The van der Waals surface area contributed by atoms with E-state index in [9.17, 15) is 9.18 Å². The lowest BCUT2D eigenvalue weighted by Gasteiger charge is -2.32. The number of carbonyl (C=O) groups is 1. The number of hydrogen-bond donors (Lipinski definition) is 1. The fraction of sp³-hybridized carbons (Fsp3) is 0.500. The van der Waals surface area contributed by atoms with Gasteiger partial charge in [0.05, 0.1) is 5.56 Å². The number of piperidine rings is 1. The second-order valence-electron chi connectivity index (χ2n) is 5.48. The topological polar surface area (TPSA) is 40.5 Å². The molecule has 0 unspecified atom stereocenters. The molecule has 1 aliphatic heterocycles. The van der Waals surface area contributed by atoms with Crippen LogP contribution in [0.4, 0.5) is 10.1 Å². The van der Waals surface area contributed by atoms with Crippen molar-refractivity contribution in [3.05, 3.63) is 29.6 Å². The molecule has 96 valence electrons. The lowest BCUT2D eigenvalue weighted by Crippen LogP contribution is -2.34. The van der Waals surface area contributed by atoms with Crippen LogP contribution < -0.4 is 4.90 Å². The smallest absolute Gasteiger partial charge is 0.338 e. The van der Waals surface area contributed by atoms with Gasteiger partial charge in [-0.1, -0.05) is 6.92 Å². The number of aromatic carboxylic acids is 1. The van der Waals surface area contributed by atoms with Crippen molar-refractivity contribution in [2.75, 3.05) is 11.4 Å². The van der Waals surface area contributed by atoms with Gasteiger partial charge in [-0.3, -0.25) is 0 Å². The van der Waals surface area contributed by atoms with E-state index in [0.717, 1.165) is 24.6 Å². The molecule has 3 rings (SSSR count). The van der Waals surface area contributed by atoms with Gasteiger partial charge in [0.15, 0.2) is 0 Å². The van der Waals surface area contributed by atoms with Crippen LogP contribution >= 0.6 is 0 Å². The molecule has 2 aliphatic rings. The van der Waals surface area contributed by atoms with Crippen LogP contribution in [-0.4, -0.2) is 23.7 Å². The van der Waals surface area contributed by atoms with Crippen LogP contribution in [0.2, 0.25) is 0 Å². The average molecular weight is 249 g/mol. The summed E-state index contributed by atoms with van der Waals surface area (Å²) in [7, 11) is 0. The molecule has 1 N–H and O–H groups in total. The minimum absolute atomic E-state index is 0.253. The van der Waals surface area contributed by atoms with Crippen molar-refractivity contribution in [2.45, 2.75) is 25.8 Å². The third-order valence-corrected chi connectivity index (χ3v) is 4.41. The molecular weight excluding hydrogens is 233 g/mol. The van der Waals surface area contributed by atoms with Gasteiger partial charge in [-0.05, 0) is 42.9 Å². The lowest BCUT2D eigenvalue weighted by molar-refractivity contribution is 0.0692. The van der Waals surface area contributed by atoms with Crippen molar-refractivity contribution >= 4 is 11.7 Å². The summed E-state index contributed by atoms with van der Waals surface area (Å²) in [4.78, 5) is 13.0. The Morgan fingerprint density at radius 2 is 2.22 bits per heavy atom. The fourth-order valence-corrected chi connectivity index (χ4v) is 3.38. The molecule has 18 heavy (non-hydrogen) atoms. The molecule has 1 aromatic carbocycles. The highest BCUT2D eigenvalue weighted by Gasteiger charge is 2.42. The van der Waals surface area contributed by atoms with Gasteiger partial charge in [-0.15, -0.1) is 0 Å². The number of halogens is 1. The summed E-state index contributed by atoms with van der Waals surface area (Å²) in [6.07, 6.45) is 2.34. The maximum Gasteiger partial charge on any atom is 0.338 e. The van der Waals surface area contributed by atoms with Crippen LogP contribution in [0, 0.1) is 17.7 Å². The van der Waals surface area contributed by atoms with E-state index in [4.69, 9.17) is 5.11 Å². The van der Waals surface area contributed by atoms with E-state index in [0.29, 0.717) is 12.0 Å². The zero-order valence-electron chi connectivity index (χ0n) is 10.3. The second-order valence-corrected chi connectivity index (χ2v) is 5.48. The maximum atomic E-state index is 13.7. The molecule has 0 aromatic heterocycles. The first-order valence-electron chi connectivity index (χ1n) is 6.35. The molecule has 1 aliphatic carbocycles. The molecule has 0 radical (unpaired) electrons. The molecule has 0 amide bonds. The monoisotopic (exact) mass is 249 g/mol. The van der Waals surface area contributed by atoms with Gasteiger partial charge < -0.3 is 10.0 Å². The molecule has 1 aromatic rings. The third-order valence-electron chi connectivity index (χ3n) is 4.41. The van der Waals surface area contributed by atoms with Gasteiger partial charge in [-0.25, -0.2) is 9.18 Å². The lowest BCUT2D eigenvalue weighted by atomic mass is 9.96. The Morgan fingerprint density at radius 1 is 1.44 bits per heavy atom. The summed E-state index contributed by atoms with van der Waals surface area (Å²) in [6, 6.07) is 4.94. The van der Waals surface area contributed by atoms with Crippen LogP contribution in [0.15, 0.2) is 18.2 Å². The van der Waals surface area contributed by atoms with Crippen LogP contribution in [0.25, 0.3) is 0 Å². The van der Waals surface area contributed by atoms with Gasteiger partial charge >= 0.3 is 5.97 Å². The Morgan fingerprint density at radius 3 is 2.72 bits per heavy atom. The van der Waals surface area contributed by atoms with E-state index >= 15 is 0 Å². The number of fused-ring (bicyclic) bond motifs is 2. The molecule has 0 spiro atoms. The quantitative estimate of drug-likeness (QED) is 0.876. The maximum absolute atomic E-state index is 13.7. The number of hydrogen-bond acceptors (Lipinski definition) is 2. The summed E-state index contributed by atoms with van der Waals surface area (Å²) < 4.78 is 13.7. The Bertz CT molecular complexity index is 501. The summed E-state index contributed by atoms with van der Waals surface area (Å²) in [6.45, 7) is 3.24. The predicted octanol–water partition coefficient (Wildman–Crippen LogP) is 2.76. The molecule has 1 saturated carbocycles. The number of anilines is 1. The third kappa shape index (κ3) is 1.67. The molecule has 4 heteroatoms. The SMILES string of the molecule is C[C@@H]1C[C@@H]2C[C@H]1CN2c1ccc(C(=O)O)c(F)c1. The number of benzene rings is 1. The normalized spacial score (nSPS) is 29.9. The van der Waals surface area contributed by atoms with Crippen molar-refractivity contribution in [3.8, 4) is 0 Å². The molecule has 2 fully saturated rings. The van der Waals surface area contributed by atoms with Gasteiger partial charge in [-0.2, -0.15) is 0 Å². The first-order chi connectivity index (χ1) is 8.56. The van der Waals surface area contributed by atoms with E-state index in [1.807, 2.05) is 0 Å². The van der Waals surface area contributed by atoms with Crippen molar-refractivity contribution < 1.29 is 14.3 Å². The van der Waals surface area contributed by atoms with E-state index in [1.165, 1.54) is 18.6 Å². The van der Waals surface area contributed by atoms with Crippen molar-refractivity contribution in [1.29, 1.82) is 0 Å². The molecular formula is C14H16FNO2. The Hall–Kier alpha value is -1.58. The molecule has 2 bridgehead atoms. The van der Waals surface area contributed by atoms with Crippen LogP contribution in [0.1, 0.15) is 30.1 Å². The van der Waals surface area contributed by atoms with Gasteiger partial charge in [0.25, 0.3) is 0 Å². The first-order valence-corrected chi connectivity index (χ1v) is 6.35. The van der Waals surface area contributed by atoms with Gasteiger partial charge in [0.1, 0.15) is 5.82 Å². The Kier molecular flexibility index (Phi) is 2.54. The summed E-state index contributed by atoms with van der Waals surface area (Å²) in [5, 5.41) is 8.81. The zero-order chi connectivity index (χ0) is 12.9. The minimum Gasteiger partial charge on any atom is -0.478 e. The summed E-state index contributed by atoms with van der Waals surface area (Å²) in [5.41, 5.74) is 0.563. The first kappa shape index (κ1) is 11.5. The predicted molar refractivity (Wildman–Crippen MR) is 66.4 cm³/mol. The van der Waals surface area contributed by atoms with Crippen LogP contribution in [0.3, 0.4) is 0 Å². The van der Waals surface area contributed by atoms with E-state index in [-0.39, 0.29) is 5.56 Å². The molecule has 1 heterocycles. The zero-order valence-corrected chi connectivity index (χ0v) is 10.3. The largest absolute Gasteiger partial charge is 0.478 e. The van der Waals surface area contributed by atoms with Crippen LogP contribution in [0.5, 0.6) is 0 Å². The van der Waals surface area contributed by atoms with Crippen molar-refractivity contribution in [3.63, 3.8) is 0 Å². The van der Waals surface area contributed by atoms with Gasteiger partial charge in [0, 0.05) is 18.3 Å². The Labute approximate surface area is 105 Å². The second kappa shape index (κ2) is 3.97. The molecule has 3 nitrogen and oxygen atoms in total. The Balaban J connectivity index is 1.86. The van der Waals surface area contributed by atoms with Crippen LogP contribution in [-0.2, 0) is 0 Å². The number of carboxylic acid groups (broad SMARTS) is 1. The van der Waals surface area contributed by atoms with Gasteiger partial charge in [0.2, 0.25) is 0 Å². The highest BCUT2D eigenvalue weighted by molar-refractivity contribution is 5.88. The average Bonchev–Trinajstić information content (AvgIpc) is 2.86. The highest BCUT2D eigenvalue weighted by Crippen LogP contribution is 2.43. The van der Waals surface area contributed by atoms with E-state index < -0.39 is 11.8 Å². The molecule has 1 saturated heterocycles. The number of nitrogens with zero attached hydrogens (tertiary/aromatic N) is 1. The van der Waals surface area contributed by atoms with E-state index in [2.05, 4.69) is 11.8 Å². The minimum atomic E-state index is -1.21. The summed E-state index contributed by atoms with van der Waals surface area (Å²) in [5.74, 6) is -0.391. The van der Waals surface area contributed by atoms with Crippen molar-refractivity contribution in [2.24, 2.45) is 11.8 Å². The summed E-state index contributed by atoms with van der Waals surface area (Å²) >= 11 is 0. The fourth-order valence-electron chi connectivity index (χ4n) is 3.38. The molecule has 3 atom stereocenters. The standard InChI is InChI=1S/C14H16FNO2/c1-8-4-11-5-9(8)7-16(11)10-2-3-12(14(17)18)13(15)6-10/h2-3,6,8-9,11H,4-5,7H2,1H3,(H,17,18)/t8-,9+,11-/m1/s1.